The third-order valence-electron chi connectivity index (χ3n) is 6.53. The van der Waals surface area contributed by atoms with Gasteiger partial charge in [0.25, 0.3) is 11.8 Å². The first-order chi connectivity index (χ1) is 15.3. The van der Waals surface area contributed by atoms with Crippen molar-refractivity contribution in [2.45, 2.75) is 56.2 Å². The number of aromatic nitrogens is 1. The Bertz CT molecular complexity index is 1010. The number of ether oxygens (including phenoxy) is 1. The van der Waals surface area contributed by atoms with Crippen LogP contribution in [-0.4, -0.2) is 39.6 Å². The van der Waals surface area contributed by atoms with E-state index in [1.54, 1.807) is 12.1 Å². The van der Waals surface area contributed by atoms with Crippen molar-refractivity contribution in [3.05, 3.63) is 58.6 Å². The van der Waals surface area contributed by atoms with Crippen molar-refractivity contribution in [3.63, 3.8) is 0 Å². The summed E-state index contributed by atoms with van der Waals surface area (Å²) < 4.78 is 18.9. The van der Waals surface area contributed by atoms with Crippen LogP contribution in [0, 0.1) is 5.82 Å². The normalized spacial score (nSPS) is 24.1. The molecule has 0 radical (unpaired) electrons. The van der Waals surface area contributed by atoms with Crippen molar-refractivity contribution in [1.29, 1.82) is 0 Å². The zero-order chi connectivity index (χ0) is 22.8. The summed E-state index contributed by atoms with van der Waals surface area (Å²) in [6, 6.07) is 7.31. The Balaban J connectivity index is 1.30. The van der Waals surface area contributed by atoms with Crippen LogP contribution in [0.5, 0.6) is 5.75 Å². The predicted octanol–water partition coefficient (Wildman–Crippen LogP) is 3.14. The average Bonchev–Trinajstić information content (AvgIpc) is 2.81. The van der Waals surface area contributed by atoms with Gasteiger partial charge in [0.1, 0.15) is 17.3 Å². The van der Waals surface area contributed by atoms with E-state index in [1.165, 1.54) is 18.3 Å². The van der Waals surface area contributed by atoms with Crippen molar-refractivity contribution >= 4 is 23.4 Å². The highest BCUT2D eigenvalue weighted by molar-refractivity contribution is 6.30. The molecule has 9 heteroatoms. The van der Waals surface area contributed by atoms with Crippen LogP contribution in [0.3, 0.4) is 0 Å². The Morgan fingerprint density at radius 3 is 2.34 bits per heavy atom. The second-order valence-corrected chi connectivity index (χ2v) is 9.04. The van der Waals surface area contributed by atoms with Crippen molar-refractivity contribution in [3.8, 4) is 5.75 Å². The molecule has 0 unspecified atom stereocenters. The van der Waals surface area contributed by atoms with E-state index in [0.717, 1.165) is 44.6 Å². The molecule has 1 heterocycles. The number of nitrogens with zero attached hydrogens (tertiary/aromatic N) is 1. The Morgan fingerprint density at radius 1 is 1.06 bits per heavy atom. The van der Waals surface area contributed by atoms with Gasteiger partial charge in [0, 0.05) is 23.3 Å². The Morgan fingerprint density at radius 2 is 1.72 bits per heavy atom. The lowest BCUT2D eigenvalue weighted by Gasteiger charge is -2.53. The monoisotopic (exact) mass is 461 g/mol. The molecule has 7 nitrogen and oxygen atoms in total. The highest BCUT2D eigenvalue weighted by atomic mass is 35.5. The number of rotatable bonds is 7. The van der Waals surface area contributed by atoms with Crippen molar-refractivity contribution in [2.75, 3.05) is 6.61 Å². The number of pyridine rings is 1. The van der Waals surface area contributed by atoms with E-state index in [0.29, 0.717) is 5.56 Å². The Kier molecular flexibility index (Phi) is 6.35. The number of nitrogens with one attached hydrogen (secondary N) is 2. The maximum absolute atomic E-state index is 13.5. The molecule has 2 bridgehead atoms. The van der Waals surface area contributed by atoms with Gasteiger partial charge >= 0.3 is 0 Å². The van der Waals surface area contributed by atoms with Gasteiger partial charge in [0.05, 0.1) is 11.6 Å². The molecule has 1 aromatic carbocycles. The molecule has 2 amide bonds. The number of aliphatic hydroxyl groups excluding tert-OH is 1. The molecule has 3 aliphatic carbocycles. The zero-order valence-electron chi connectivity index (χ0n) is 17.5. The first-order valence-electron chi connectivity index (χ1n) is 10.6. The van der Waals surface area contributed by atoms with Crippen LogP contribution in [0.2, 0.25) is 5.02 Å². The molecule has 3 aliphatic rings. The predicted molar refractivity (Wildman–Crippen MR) is 116 cm³/mol. The fourth-order valence-electron chi connectivity index (χ4n) is 4.61. The molecule has 0 atom stereocenters. The van der Waals surface area contributed by atoms with Crippen LogP contribution in [0.15, 0.2) is 36.5 Å². The van der Waals surface area contributed by atoms with Crippen molar-refractivity contribution < 1.29 is 23.8 Å². The molecule has 5 rings (SSSR count). The minimum absolute atomic E-state index is 0.00226. The van der Waals surface area contributed by atoms with Gasteiger partial charge in [-0.1, -0.05) is 11.6 Å². The fraction of sp³-hybridized carbons (Fsp3) is 0.435. The number of aliphatic hydroxyl groups is 1. The van der Waals surface area contributed by atoms with E-state index in [9.17, 15) is 19.1 Å². The first kappa shape index (κ1) is 22.5. The van der Waals surface area contributed by atoms with Crippen molar-refractivity contribution in [1.82, 2.24) is 15.6 Å². The summed E-state index contributed by atoms with van der Waals surface area (Å²) in [6.07, 6.45) is 6.02. The van der Waals surface area contributed by atoms with Gasteiger partial charge in [-0.2, -0.15) is 0 Å². The van der Waals surface area contributed by atoms with Gasteiger partial charge < -0.3 is 20.5 Å². The number of hydrogen-bond donors (Lipinski definition) is 3. The number of carbonyl (C=O) groups excluding carboxylic acids is 2. The zero-order valence-corrected chi connectivity index (χ0v) is 18.3. The van der Waals surface area contributed by atoms with E-state index in [1.807, 2.05) is 0 Å². The fourth-order valence-corrected chi connectivity index (χ4v) is 4.73. The average molecular weight is 462 g/mol. The highest BCUT2D eigenvalue weighted by Crippen LogP contribution is 2.47. The molecule has 170 valence electrons. The highest BCUT2D eigenvalue weighted by Gasteiger charge is 2.50. The summed E-state index contributed by atoms with van der Waals surface area (Å²) in [7, 11) is 0. The minimum Gasteiger partial charge on any atom is -0.484 e. The van der Waals surface area contributed by atoms with Crippen LogP contribution in [-0.2, 0) is 11.4 Å². The van der Waals surface area contributed by atoms with Gasteiger partial charge in [-0.25, -0.2) is 4.39 Å². The van der Waals surface area contributed by atoms with Gasteiger partial charge in [0.2, 0.25) is 0 Å². The number of fused-ring (bicyclic) bond motifs is 3. The van der Waals surface area contributed by atoms with Gasteiger partial charge in [-0.3, -0.25) is 14.6 Å². The summed E-state index contributed by atoms with van der Waals surface area (Å²) in [5.74, 6) is -0.863. The molecule has 0 spiro atoms. The molecule has 3 N–H and O–H groups in total. The van der Waals surface area contributed by atoms with E-state index < -0.39 is 5.82 Å². The molecule has 0 saturated heterocycles. The van der Waals surface area contributed by atoms with Gasteiger partial charge in [-0.05, 0) is 68.4 Å². The summed E-state index contributed by atoms with van der Waals surface area (Å²) in [4.78, 5) is 29.3. The van der Waals surface area contributed by atoms with Crippen LogP contribution in [0.4, 0.5) is 4.39 Å². The summed E-state index contributed by atoms with van der Waals surface area (Å²) in [5.41, 5.74) is 0.308. The van der Waals surface area contributed by atoms with Gasteiger partial charge in [0.15, 0.2) is 6.61 Å². The third-order valence-corrected chi connectivity index (χ3v) is 6.84. The standard InChI is InChI=1S/C23H25ClFN3O4/c24-17-2-1-16(12-18(17)25)32-14-20(30)27-22-4-7-23(8-5-22,9-6-22)28-21(31)19-11-15(13-29)3-10-26-19/h1-3,10-12,29H,4-9,13-14H2,(H,27,30)(H,28,31). The Labute approximate surface area is 190 Å². The largest absolute Gasteiger partial charge is 0.484 e. The smallest absolute Gasteiger partial charge is 0.270 e. The topological polar surface area (TPSA) is 101 Å². The number of benzene rings is 1. The molecular weight excluding hydrogens is 437 g/mol. The first-order valence-corrected chi connectivity index (χ1v) is 11.0. The van der Waals surface area contributed by atoms with Crippen molar-refractivity contribution in [2.24, 2.45) is 0 Å². The Hall–Kier alpha value is -2.71. The van der Waals surface area contributed by atoms with Crippen LogP contribution in [0.1, 0.15) is 54.6 Å². The van der Waals surface area contributed by atoms with Gasteiger partial charge in [-0.15, -0.1) is 0 Å². The van der Waals surface area contributed by atoms with Crippen LogP contribution < -0.4 is 15.4 Å². The molecule has 3 saturated carbocycles. The number of halogens is 2. The summed E-state index contributed by atoms with van der Waals surface area (Å²) in [5, 5.41) is 15.5. The summed E-state index contributed by atoms with van der Waals surface area (Å²) in [6.45, 7) is -0.357. The lowest BCUT2D eigenvalue weighted by Crippen LogP contribution is -2.64. The lowest BCUT2D eigenvalue weighted by atomic mass is 9.61. The number of carbonyl (C=O) groups is 2. The quantitative estimate of drug-likeness (QED) is 0.588. The van der Waals surface area contributed by atoms with E-state index in [-0.39, 0.29) is 52.6 Å². The van der Waals surface area contributed by atoms with E-state index in [4.69, 9.17) is 16.3 Å². The lowest BCUT2D eigenvalue weighted by molar-refractivity contribution is -0.126. The second kappa shape index (κ2) is 9.03. The second-order valence-electron chi connectivity index (χ2n) is 8.63. The van der Waals surface area contributed by atoms with E-state index in [2.05, 4.69) is 15.6 Å². The number of hydrogen-bond acceptors (Lipinski definition) is 5. The molecule has 0 aliphatic heterocycles. The SMILES string of the molecule is O=C(COc1ccc(Cl)c(F)c1)NC12CCC(NC(=O)c3cc(CO)ccn3)(CC1)CC2. The van der Waals surface area contributed by atoms with E-state index >= 15 is 0 Å². The third kappa shape index (κ3) is 4.86. The molecular formula is C23H25ClFN3O4. The summed E-state index contributed by atoms with van der Waals surface area (Å²) >= 11 is 5.66. The molecule has 32 heavy (non-hydrogen) atoms. The molecule has 2 aromatic rings. The molecule has 1 aromatic heterocycles. The molecule has 3 fully saturated rings. The number of amides is 2. The maximum Gasteiger partial charge on any atom is 0.270 e. The minimum atomic E-state index is -0.598. The van der Waals surface area contributed by atoms with Crippen LogP contribution >= 0.6 is 11.6 Å². The maximum atomic E-state index is 13.5. The van der Waals surface area contributed by atoms with Crippen LogP contribution in [0.25, 0.3) is 0 Å².